The fourth-order valence-corrected chi connectivity index (χ4v) is 2.06. The first kappa shape index (κ1) is 16.9. The van der Waals surface area contributed by atoms with E-state index in [2.05, 4.69) is 4.74 Å². The van der Waals surface area contributed by atoms with Crippen LogP contribution < -0.4 is 0 Å². The van der Waals surface area contributed by atoms with Crippen molar-refractivity contribution < 1.29 is 36.3 Å². The maximum atomic E-state index is 13.3. The molecule has 0 bridgehead atoms. The fourth-order valence-electron chi connectivity index (χ4n) is 2.06. The summed E-state index contributed by atoms with van der Waals surface area (Å²) in [7, 11) is 1.10. The molecule has 1 heterocycles. The number of rotatable bonds is 3. The summed E-state index contributed by atoms with van der Waals surface area (Å²) in [6.45, 7) is 0. The van der Waals surface area contributed by atoms with Crippen molar-refractivity contribution in [2.45, 2.75) is 18.5 Å². The molecule has 0 saturated heterocycles. The van der Waals surface area contributed by atoms with E-state index in [4.69, 9.17) is 0 Å². The second kappa shape index (κ2) is 5.64. The number of methoxy groups -OCH3 is 1. The lowest BCUT2D eigenvalue weighted by molar-refractivity contribution is -0.257. The van der Waals surface area contributed by atoms with Crippen LogP contribution in [0.25, 0.3) is 10.9 Å². The van der Waals surface area contributed by atoms with Crippen LogP contribution in [0.3, 0.4) is 0 Å². The number of carbonyl (C=O) groups excluding carboxylic acids is 2. The molecule has 0 spiro atoms. The Morgan fingerprint density at radius 3 is 2.30 bits per heavy atom. The molecule has 0 radical (unpaired) electrons. The second-order valence-electron chi connectivity index (χ2n) is 4.67. The van der Waals surface area contributed by atoms with Gasteiger partial charge in [-0.15, -0.1) is 0 Å². The number of ether oxygens (including phenoxy) is 1. The molecule has 124 valence electrons. The zero-order chi connectivity index (χ0) is 17.4. The van der Waals surface area contributed by atoms with E-state index in [1.165, 1.54) is 24.3 Å². The molecule has 0 aliphatic rings. The third kappa shape index (κ3) is 2.90. The van der Waals surface area contributed by atoms with E-state index >= 15 is 0 Å². The molecule has 1 aromatic heterocycles. The monoisotopic (exact) mass is 335 g/mol. The summed E-state index contributed by atoms with van der Waals surface area (Å²) in [5.74, 6) is -8.70. The summed E-state index contributed by atoms with van der Waals surface area (Å²) >= 11 is 0. The van der Waals surface area contributed by atoms with Crippen molar-refractivity contribution in [1.82, 2.24) is 4.57 Å². The van der Waals surface area contributed by atoms with Gasteiger partial charge in [0.05, 0.1) is 19.0 Å². The largest absolute Gasteiger partial charge is 0.469 e. The highest BCUT2D eigenvalue weighted by atomic mass is 19.4. The van der Waals surface area contributed by atoms with Gasteiger partial charge >= 0.3 is 24.0 Å². The number of nitrogens with zero attached hydrogens (tertiary/aromatic N) is 1. The van der Waals surface area contributed by atoms with Crippen LogP contribution in [0.5, 0.6) is 0 Å². The highest BCUT2D eigenvalue weighted by Gasteiger charge is 2.64. The molecule has 2 rings (SSSR count). The van der Waals surface area contributed by atoms with Crippen molar-refractivity contribution in [3.05, 3.63) is 36.0 Å². The molecule has 0 aliphatic heterocycles. The number of benzene rings is 1. The number of halogens is 5. The van der Waals surface area contributed by atoms with Crippen LogP contribution in [-0.4, -0.2) is 35.7 Å². The summed E-state index contributed by atoms with van der Waals surface area (Å²) in [6, 6.07) is 5.49. The summed E-state index contributed by atoms with van der Waals surface area (Å²) < 4.78 is 68.4. The van der Waals surface area contributed by atoms with Crippen molar-refractivity contribution in [3.8, 4) is 0 Å². The van der Waals surface area contributed by atoms with Gasteiger partial charge in [-0.3, -0.25) is 14.2 Å². The summed E-state index contributed by atoms with van der Waals surface area (Å²) in [5.41, 5.74) is -0.0425. The van der Waals surface area contributed by atoms with Crippen LogP contribution in [0.15, 0.2) is 30.5 Å². The van der Waals surface area contributed by atoms with Gasteiger partial charge in [-0.05, 0) is 11.6 Å². The Morgan fingerprint density at radius 1 is 1.13 bits per heavy atom. The van der Waals surface area contributed by atoms with Crippen LogP contribution in [0.4, 0.5) is 22.0 Å². The molecule has 1 aromatic carbocycles. The predicted octanol–water partition coefficient (Wildman–Crippen LogP) is 3.19. The Labute approximate surface area is 126 Å². The molecular formula is C14H10F5NO3. The first-order valence-electron chi connectivity index (χ1n) is 6.24. The minimum absolute atomic E-state index is 0.110. The molecule has 9 heteroatoms. The quantitative estimate of drug-likeness (QED) is 0.639. The number of alkyl halides is 5. The SMILES string of the molecule is COC(=O)Cc1cn(C(=O)C(F)(F)C(F)(F)F)c2ccccc12. The van der Waals surface area contributed by atoms with E-state index in [9.17, 15) is 31.5 Å². The van der Waals surface area contributed by atoms with Gasteiger partial charge in [0.1, 0.15) is 0 Å². The van der Waals surface area contributed by atoms with Crippen molar-refractivity contribution >= 4 is 22.8 Å². The van der Waals surface area contributed by atoms with Gasteiger partial charge in [-0.1, -0.05) is 18.2 Å². The standard InChI is InChI=1S/C14H10F5NO3/c1-23-11(21)6-8-7-20(10-5-3-2-4-9(8)10)12(22)13(15,16)14(17,18)19/h2-5,7H,6H2,1H3. The highest BCUT2D eigenvalue weighted by Crippen LogP contribution is 2.37. The zero-order valence-corrected chi connectivity index (χ0v) is 11.7. The van der Waals surface area contributed by atoms with Crippen LogP contribution in [0.2, 0.25) is 0 Å². The molecular weight excluding hydrogens is 325 g/mol. The normalized spacial score (nSPS) is 12.4. The van der Waals surface area contributed by atoms with E-state index < -0.39 is 24.0 Å². The Morgan fingerprint density at radius 2 is 1.74 bits per heavy atom. The number of para-hydroxylation sites is 1. The molecule has 4 nitrogen and oxygen atoms in total. The highest BCUT2D eigenvalue weighted by molar-refractivity contribution is 5.98. The maximum absolute atomic E-state index is 13.3. The lowest BCUT2D eigenvalue weighted by atomic mass is 10.1. The summed E-state index contributed by atoms with van der Waals surface area (Å²) in [5, 5.41) is 0.212. The van der Waals surface area contributed by atoms with Crippen LogP contribution in [0.1, 0.15) is 10.4 Å². The molecule has 0 saturated carbocycles. The van der Waals surface area contributed by atoms with E-state index in [-0.39, 0.29) is 27.5 Å². The molecule has 0 fully saturated rings. The van der Waals surface area contributed by atoms with Crippen LogP contribution >= 0.6 is 0 Å². The van der Waals surface area contributed by atoms with Gasteiger partial charge in [0.2, 0.25) is 0 Å². The lowest BCUT2D eigenvalue weighted by Crippen LogP contribution is -2.46. The third-order valence-corrected chi connectivity index (χ3v) is 3.20. The van der Waals surface area contributed by atoms with Gasteiger partial charge in [0.25, 0.3) is 0 Å². The Bertz CT molecular complexity index is 763. The minimum atomic E-state index is -6.02. The van der Waals surface area contributed by atoms with E-state index in [1.54, 1.807) is 0 Å². The van der Waals surface area contributed by atoms with Crippen molar-refractivity contribution in [1.29, 1.82) is 0 Å². The second-order valence-corrected chi connectivity index (χ2v) is 4.67. The molecule has 0 amide bonds. The molecule has 0 N–H and O–H groups in total. The van der Waals surface area contributed by atoms with Gasteiger partial charge in [0, 0.05) is 11.6 Å². The minimum Gasteiger partial charge on any atom is -0.469 e. The first-order valence-corrected chi connectivity index (χ1v) is 6.24. The van der Waals surface area contributed by atoms with E-state index in [0.717, 1.165) is 13.3 Å². The number of esters is 1. The van der Waals surface area contributed by atoms with Gasteiger partial charge in [-0.2, -0.15) is 22.0 Å². The van der Waals surface area contributed by atoms with Gasteiger partial charge in [0.15, 0.2) is 0 Å². The third-order valence-electron chi connectivity index (χ3n) is 3.20. The smallest absolute Gasteiger partial charge is 0.463 e. The van der Waals surface area contributed by atoms with Crippen molar-refractivity contribution in [2.75, 3.05) is 7.11 Å². The Hall–Kier alpha value is -2.45. The number of hydrogen-bond donors (Lipinski definition) is 0. The first-order chi connectivity index (χ1) is 10.6. The van der Waals surface area contributed by atoms with Crippen molar-refractivity contribution in [2.24, 2.45) is 0 Å². The van der Waals surface area contributed by atoms with Crippen LogP contribution in [0, 0.1) is 0 Å². The molecule has 0 aliphatic carbocycles. The van der Waals surface area contributed by atoms with Crippen molar-refractivity contribution in [3.63, 3.8) is 0 Å². The summed E-state index contributed by atoms with van der Waals surface area (Å²) in [4.78, 5) is 23.0. The average molecular weight is 335 g/mol. The Balaban J connectivity index is 2.58. The fraction of sp³-hybridized carbons (Fsp3) is 0.286. The zero-order valence-electron chi connectivity index (χ0n) is 11.7. The Kier molecular flexibility index (Phi) is 4.14. The molecule has 23 heavy (non-hydrogen) atoms. The average Bonchev–Trinajstić information content (AvgIpc) is 2.84. The van der Waals surface area contributed by atoms with E-state index in [1.807, 2.05) is 0 Å². The summed E-state index contributed by atoms with van der Waals surface area (Å²) in [6.07, 6.45) is -5.59. The predicted molar refractivity (Wildman–Crippen MR) is 69.3 cm³/mol. The molecule has 0 atom stereocenters. The molecule has 0 unspecified atom stereocenters. The topological polar surface area (TPSA) is 48.3 Å². The lowest BCUT2D eigenvalue weighted by Gasteiger charge is -2.18. The maximum Gasteiger partial charge on any atom is 0.463 e. The number of hydrogen-bond acceptors (Lipinski definition) is 3. The van der Waals surface area contributed by atoms with E-state index in [0.29, 0.717) is 0 Å². The number of aromatic nitrogens is 1. The van der Waals surface area contributed by atoms with Crippen LogP contribution in [-0.2, 0) is 16.0 Å². The van der Waals surface area contributed by atoms with Gasteiger partial charge in [-0.25, -0.2) is 0 Å². The number of fused-ring (bicyclic) bond motifs is 1. The molecule has 2 aromatic rings. The van der Waals surface area contributed by atoms with Gasteiger partial charge < -0.3 is 4.74 Å². The number of carbonyl (C=O) groups is 2.